The Bertz CT molecular complexity index is 847. The van der Waals surface area contributed by atoms with Gasteiger partial charge in [-0.25, -0.2) is 22.9 Å². The first-order valence-electron chi connectivity index (χ1n) is 7.97. The fraction of sp³-hybridized carbons (Fsp3) is 0.571. The Kier molecular flexibility index (Phi) is 3.77. The number of amides is 1. The Morgan fingerprint density at radius 2 is 2.12 bits per heavy atom. The molecule has 0 aliphatic carbocycles. The number of ether oxygens (including phenoxy) is 1. The number of nitrogens with zero attached hydrogens (tertiary/aromatic N) is 6. The average molecular weight is 354 g/mol. The first-order valence-corrected chi connectivity index (χ1v) is 7.97. The van der Waals surface area contributed by atoms with Crippen LogP contribution in [0.3, 0.4) is 0 Å². The number of carbonyl (C=O) groups excluding carboxylic acids is 1. The zero-order valence-electron chi connectivity index (χ0n) is 13.3. The lowest BCUT2D eigenvalue weighted by Crippen LogP contribution is -2.41. The van der Waals surface area contributed by atoms with Crippen molar-refractivity contribution >= 4 is 5.91 Å². The quantitative estimate of drug-likeness (QED) is 0.771. The van der Waals surface area contributed by atoms with Crippen molar-refractivity contribution in [2.24, 2.45) is 0 Å². The van der Waals surface area contributed by atoms with E-state index in [0.29, 0.717) is 24.9 Å². The summed E-state index contributed by atoms with van der Waals surface area (Å²) < 4.78 is 34.2. The van der Waals surface area contributed by atoms with Crippen LogP contribution in [-0.4, -0.2) is 54.5 Å². The van der Waals surface area contributed by atoms with Gasteiger partial charge in [-0.3, -0.25) is 9.36 Å². The second kappa shape index (κ2) is 5.97. The van der Waals surface area contributed by atoms with Crippen molar-refractivity contribution in [2.45, 2.75) is 39.0 Å². The van der Waals surface area contributed by atoms with Gasteiger partial charge in [-0.05, 0) is 0 Å². The number of aryl methyl sites for hydroxylation is 1. The Hall–Kier alpha value is -2.72. The molecule has 11 heteroatoms. The van der Waals surface area contributed by atoms with Gasteiger partial charge in [0.1, 0.15) is 6.54 Å². The lowest BCUT2D eigenvalue weighted by molar-refractivity contribution is 0.0699. The fourth-order valence-electron chi connectivity index (χ4n) is 3.05. The number of aromatic nitrogens is 5. The number of carbonyl (C=O) groups is 1. The molecule has 0 radical (unpaired) electrons. The number of fused-ring (bicyclic) bond motifs is 2. The Balaban J connectivity index is 1.55. The number of alkyl halides is 2. The maximum absolute atomic E-state index is 12.6. The van der Waals surface area contributed by atoms with Crippen molar-refractivity contribution in [3.8, 4) is 5.88 Å². The molecule has 0 unspecified atom stereocenters. The summed E-state index contributed by atoms with van der Waals surface area (Å²) in [7, 11) is 0. The third kappa shape index (κ3) is 2.79. The molecule has 134 valence electrons. The predicted molar refractivity (Wildman–Crippen MR) is 79.6 cm³/mol. The van der Waals surface area contributed by atoms with Gasteiger partial charge in [0.25, 0.3) is 12.3 Å². The molecule has 0 atom stereocenters. The summed E-state index contributed by atoms with van der Waals surface area (Å²) in [5.74, 6) is 0.558. The molecule has 0 fully saturated rings. The zero-order chi connectivity index (χ0) is 17.6. The topological polar surface area (TPSA) is 87.2 Å². The minimum absolute atomic E-state index is 0.0767. The number of hydrogen-bond acceptors (Lipinski definition) is 5. The summed E-state index contributed by atoms with van der Waals surface area (Å²) >= 11 is 0. The van der Waals surface area contributed by atoms with Crippen LogP contribution in [0.5, 0.6) is 5.88 Å². The highest BCUT2D eigenvalue weighted by Crippen LogP contribution is 2.20. The van der Waals surface area contributed by atoms with E-state index in [1.807, 2.05) is 0 Å². The van der Waals surface area contributed by atoms with Crippen molar-refractivity contribution in [1.29, 1.82) is 0 Å². The minimum Gasteiger partial charge on any atom is -0.478 e. The number of hydrogen-bond donors (Lipinski definition) is 0. The van der Waals surface area contributed by atoms with E-state index < -0.39 is 18.7 Å². The summed E-state index contributed by atoms with van der Waals surface area (Å²) in [6.45, 7) is 1.12. The molecule has 1 amide bonds. The highest BCUT2D eigenvalue weighted by molar-refractivity contribution is 5.92. The van der Waals surface area contributed by atoms with Crippen LogP contribution >= 0.6 is 0 Å². The highest BCUT2D eigenvalue weighted by Gasteiger charge is 2.28. The maximum Gasteiger partial charge on any atom is 0.346 e. The van der Waals surface area contributed by atoms with Crippen molar-refractivity contribution in [3.63, 3.8) is 0 Å². The van der Waals surface area contributed by atoms with Crippen LogP contribution in [0.2, 0.25) is 0 Å². The average Bonchev–Trinajstić information content (AvgIpc) is 3.15. The van der Waals surface area contributed by atoms with Gasteiger partial charge >= 0.3 is 5.69 Å². The molecular weight excluding hydrogens is 338 g/mol. The molecule has 25 heavy (non-hydrogen) atoms. The number of halogens is 2. The van der Waals surface area contributed by atoms with Crippen molar-refractivity contribution < 1.29 is 18.3 Å². The summed E-state index contributed by atoms with van der Waals surface area (Å²) in [6.07, 6.45) is -1.83. The van der Waals surface area contributed by atoms with Gasteiger partial charge in [0.2, 0.25) is 5.88 Å². The lowest BCUT2D eigenvalue weighted by atomic mass is 10.3. The third-order valence-corrected chi connectivity index (χ3v) is 4.25. The molecule has 4 rings (SSSR count). The van der Waals surface area contributed by atoms with Gasteiger partial charge in [-0.15, -0.1) is 0 Å². The second-order valence-corrected chi connectivity index (χ2v) is 5.94. The normalized spacial score (nSPS) is 16.5. The summed E-state index contributed by atoms with van der Waals surface area (Å²) in [5.41, 5.74) is -0.312. The second-order valence-electron chi connectivity index (χ2n) is 5.94. The van der Waals surface area contributed by atoms with E-state index in [2.05, 4.69) is 10.2 Å². The zero-order valence-corrected chi connectivity index (χ0v) is 13.3. The molecule has 9 nitrogen and oxygen atoms in total. The standard InChI is InChI=1S/C14H16F2N6O3/c15-10(16)7-22-14(24)20-4-3-19(8-11(20)18-22)13(23)9-6-12-21(17-9)2-1-5-25-12/h6,10H,1-5,7-8H2. The molecule has 2 aliphatic heterocycles. The smallest absolute Gasteiger partial charge is 0.346 e. The van der Waals surface area contributed by atoms with Gasteiger partial charge in [0, 0.05) is 32.1 Å². The maximum atomic E-state index is 12.6. The van der Waals surface area contributed by atoms with E-state index in [1.54, 1.807) is 10.7 Å². The summed E-state index contributed by atoms with van der Waals surface area (Å²) in [4.78, 5) is 26.2. The van der Waals surface area contributed by atoms with Crippen LogP contribution < -0.4 is 10.4 Å². The van der Waals surface area contributed by atoms with Gasteiger partial charge in [-0.2, -0.15) is 10.2 Å². The van der Waals surface area contributed by atoms with E-state index in [9.17, 15) is 18.4 Å². The molecule has 0 saturated heterocycles. The first kappa shape index (κ1) is 15.8. The van der Waals surface area contributed by atoms with Gasteiger partial charge in [-0.1, -0.05) is 0 Å². The minimum atomic E-state index is -2.66. The molecule has 2 aromatic rings. The molecular formula is C14H16F2N6O3. The SMILES string of the molecule is O=C(c1cc2n(n1)CCCO2)N1CCn2c(nn(CC(F)F)c2=O)C1. The van der Waals surface area contributed by atoms with Crippen LogP contribution in [0.4, 0.5) is 8.78 Å². The van der Waals surface area contributed by atoms with Gasteiger partial charge < -0.3 is 9.64 Å². The number of rotatable bonds is 3. The predicted octanol–water partition coefficient (Wildman–Crippen LogP) is -0.0551. The summed E-state index contributed by atoms with van der Waals surface area (Å²) in [6, 6.07) is 1.60. The first-order chi connectivity index (χ1) is 12.0. The van der Waals surface area contributed by atoms with E-state index in [-0.39, 0.29) is 31.2 Å². The third-order valence-electron chi connectivity index (χ3n) is 4.25. The van der Waals surface area contributed by atoms with E-state index >= 15 is 0 Å². The van der Waals surface area contributed by atoms with E-state index in [4.69, 9.17) is 4.74 Å². The monoisotopic (exact) mass is 354 g/mol. The Labute approximate surface area is 140 Å². The fourth-order valence-corrected chi connectivity index (χ4v) is 3.05. The largest absolute Gasteiger partial charge is 0.478 e. The highest BCUT2D eigenvalue weighted by atomic mass is 19.3. The Morgan fingerprint density at radius 1 is 1.28 bits per heavy atom. The van der Waals surface area contributed by atoms with Crippen LogP contribution in [0.25, 0.3) is 0 Å². The van der Waals surface area contributed by atoms with Crippen molar-refractivity contribution in [1.82, 2.24) is 29.0 Å². The summed E-state index contributed by atoms with van der Waals surface area (Å²) in [5, 5.41) is 8.18. The van der Waals surface area contributed by atoms with Crippen LogP contribution in [0.1, 0.15) is 22.7 Å². The lowest BCUT2D eigenvalue weighted by Gasteiger charge is -2.25. The van der Waals surface area contributed by atoms with Crippen LogP contribution in [0, 0.1) is 0 Å². The molecule has 0 spiro atoms. The molecule has 0 bridgehead atoms. The molecule has 4 heterocycles. The van der Waals surface area contributed by atoms with E-state index in [0.717, 1.165) is 11.1 Å². The molecule has 0 N–H and O–H groups in total. The van der Waals surface area contributed by atoms with Crippen LogP contribution in [-0.2, 0) is 26.2 Å². The van der Waals surface area contributed by atoms with Crippen molar-refractivity contribution in [3.05, 3.63) is 28.1 Å². The molecule has 0 aromatic carbocycles. The van der Waals surface area contributed by atoms with Gasteiger partial charge in [0.15, 0.2) is 11.5 Å². The van der Waals surface area contributed by atoms with Crippen LogP contribution in [0.15, 0.2) is 10.9 Å². The molecule has 2 aliphatic rings. The van der Waals surface area contributed by atoms with Gasteiger partial charge in [0.05, 0.1) is 13.2 Å². The molecule has 0 saturated carbocycles. The molecule has 2 aromatic heterocycles. The van der Waals surface area contributed by atoms with E-state index in [1.165, 1.54) is 9.47 Å². The van der Waals surface area contributed by atoms with Crippen molar-refractivity contribution in [2.75, 3.05) is 13.2 Å². The Morgan fingerprint density at radius 3 is 2.88 bits per heavy atom.